The van der Waals surface area contributed by atoms with Crippen molar-refractivity contribution in [3.05, 3.63) is 52.6 Å². The smallest absolute Gasteiger partial charge is 0.410 e. The van der Waals surface area contributed by atoms with Crippen LogP contribution < -0.4 is 0 Å². The Morgan fingerprint density at radius 3 is 2.60 bits per heavy atom. The van der Waals surface area contributed by atoms with Gasteiger partial charge in [-0.15, -0.1) is 0 Å². The molecular weight excluding hydrogens is 310 g/mol. The molecule has 0 aromatic heterocycles. The van der Waals surface area contributed by atoms with E-state index in [0.29, 0.717) is 13.1 Å². The van der Waals surface area contributed by atoms with Gasteiger partial charge in [0.2, 0.25) is 0 Å². The number of carbonyl (C=O) groups excluding carboxylic acids is 1. The van der Waals surface area contributed by atoms with Crippen LogP contribution >= 0.6 is 0 Å². The molecule has 0 aliphatic carbocycles. The zero-order chi connectivity index (χ0) is 18.6. The van der Waals surface area contributed by atoms with Crippen molar-refractivity contribution in [2.24, 2.45) is 0 Å². The molecule has 0 N–H and O–H groups in total. The van der Waals surface area contributed by atoms with Crippen molar-refractivity contribution >= 4 is 11.7 Å². The molecule has 0 unspecified atom stereocenters. The maximum atomic E-state index is 12.3. The van der Waals surface area contributed by atoms with Gasteiger partial charge in [-0.3, -0.25) is 0 Å². The Labute approximate surface area is 152 Å². The third kappa shape index (κ3) is 4.97. The highest BCUT2D eigenvalue weighted by molar-refractivity contribution is 5.79. The fraction of sp³-hybridized carbons (Fsp3) is 0.500. The first-order valence-electron chi connectivity index (χ1n) is 9.18. The van der Waals surface area contributed by atoms with E-state index in [0.717, 1.165) is 12.8 Å². The Bertz CT molecular complexity index is 692. The van der Waals surface area contributed by atoms with Crippen LogP contribution in [0.5, 0.6) is 0 Å². The zero-order valence-electron chi connectivity index (χ0n) is 16.5. The summed E-state index contributed by atoms with van der Waals surface area (Å²) in [5, 5.41) is 0. The topological polar surface area (TPSA) is 29.5 Å². The number of ether oxygens (including phenoxy) is 1. The van der Waals surface area contributed by atoms with Crippen molar-refractivity contribution in [2.75, 3.05) is 6.54 Å². The van der Waals surface area contributed by atoms with Crippen molar-refractivity contribution < 1.29 is 9.53 Å². The average Bonchev–Trinajstić information content (AvgIpc) is 2.53. The molecule has 1 aromatic rings. The lowest BCUT2D eigenvalue weighted by atomic mass is 9.92. The van der Waals surface area contributed by atoms with E-state index >= 15 is 0 Å². The van der Waals surface area contributed by atoms with E-state index in [2.05, 4.69) is 51.1 Å². The van der Waals surface area contributed by atoms with Crippen LogP contribution in [0, 0.1) is 0 Å². The van der Waals surface area contributed by atoms with Crippen molar-refractivity contribution in [3.8, 4) is 0 Å². The average molecular weight is 341 g/mol. The van der Waals surface area contributed by atoms with Gasteiger partial charge in [-0.2, -0.15) is 0 Å². The molecule has 0 radical (unpaired) electrons. The summed E-state index contributed by atoms with van der Waals surface area (Å²) in [7, 11) is 0. The Balaban J connectivity index is 2.19. The summed E-state index contributed by atoms with van der Waals surface area (Å²) in [6.07, 6.45) is 6.13. The van der Waals surface area contributed by atoms with Crippen LogP contribution in [0.1, 0.15) is 64.7 Å². The maximum Gasteiger partial charge on any atom is 0.410 e. The normalized spacial score (nSPS) is 15.8. The highest BCUT2D eigenvalue weighted by atomic mass is 16.6. The fourth-order valence-electron chi connectivity index (χ4n) is 3.24. The predicted octanol–water partition coefficient (Wildman–Crippen LogP) is 5.74. The first kappa shape index (κ1) is 19.3. The number of hydrogen-bond donors (Lipinski definition) is 0. The van der Waals surface area contributed by atoms with E-state index in [9.17, 15) is 4.79 Å². The molecule has 1 heterocycles. The Morgan fingerprint density at radius 2 is 2.00 bits per heavy atom. The number of amides is 1. The van der Waals surface area contributed by atoms with Crippen molar-refractivity contribution in [2.45, 2.75) is 66.5 Å². The molecule has 0 saturated heterocycles. The molecule has 25 heavy (non-hydrogen) atoms. The minimum absolute atomic E-state index is 0.224. The number of carbonyl (C=O) groups is 1. The molecule has 0 spiro atoms. The van der Waals surface area contributed by atoms with Gasteiger partial charge in [0.1, 0.15) is 5.60 Å². The number of rotatable bonds is 3. The lowest BCUT2D eigenvalue weighted by molar-refractivity contribution is 0.0224. The number of benzene rings is 1. The molecule has 3 nitrogen and oxygen atoms in total. The molecule has 2 rings (SSSR count). The Kier molecular flexibility index (Phi) is 6.10. The summed E-state index contributed by atoms with van der Waals surface area (Å²) in [5.74, 6) is 0. The van der Waals surface area contributed by atoms with E-state index in [-0.39, 0.29) is 6.09 Å². The number of nitrogens with zero attached hydrogens (tertiary/aromatic N) is 1. The molecule has 1 amide bonds. The molecule has 3 heteroatoms. The van der Waals surface area contributed by atoms with Gasteiger partial charge in [-0.05, 0) is 75.3 Å². The van der Waals surface area contributed by atoms with Crippen molar-refractivity contribution in [1.82, 2.24) is 4.90 Å². The summed E-state index contributed by atoms with van der Waals surface area (Å²) >= 11 is 0. The molecule has 1 aliphatic rings. The van der Waals surface area contributed by atoms with Gasteiger partial charge in [0.25, 0.3) is 0 Å². The summed E-state index contributed by atoms with van der Waals surface area (Å²) in [6.45, 7) is 13.5. The molecule has 136 valence electrons. The molecule has 0 atom stereocenters. The van der Waals surface area contributed by atoms with E-state index in [1.54, 1.807) is 4.90 Å². The molecule has 0 fully saturated rings. The monoisotopic (exact) mass is 341 g/mol. The maximum absolute atomic E-state index is 12.3. The highest BCUT2D eigenvalue weighted by Gasteiger charge is 2.25. The largest absolute Gasteiger partial charge is 0.444 e. The highest BCUT2D eigenvalue weighted by Crippen LogP contribution is 2.28. The van der Waals surface area contributed by atoms with Crippen LogP contribution in [0.2, 0.25) is 0 Å². The van der Waals surface area contributed by atoms with Crippen LogP contribution in [-0.4, -0.2) is 23.1 Å². The first-order valence-corrected chi connectivity index (χ1v) is 9.18. The number of fused-ring (bicyclic) bond motifs is 1. The van der Waals surface area contributed by atoms with Crippen LogP contribution in [0.25, 0.3) is 5.57 Å². The summed E-state index contributed by atoms with van der Waals surface area (Å²) in [4.78, 5) is 14.1. The van der Waals surface area contributed by atoms with E-state index in [1.165, 1.54) is 27.8 Å². The van der Waals surface area contributed by atoms with E-state index in [4.69, 9.17) is 4.74 Å². The lowest BCUT2D eigenvalue weighted by Gasteiger charge is -2.31. The quantitative estimate of drug-likeness (QED) is 0.656. The summed E-state index contributed by atoms with van der Waals surface area (Å²) in [6, 6.07) is 6.60. The van der Waals surface area contributed by atoms with E-state index in [1.807, 2.05) is 20.8 Å². The molecule has 0 saturated carbocycles. The van der Waals surface area contributed by atoms with Crippen molar-refractivity contribution in [3.63, 3.8) is 0 Å². The number of allylic oxidation sites excluding steroid dienone is 4. The third-order valence-corrected chi connectivity index (χ3v) is 4.41. The fourth-order valence-corrected chi connectivity index (χ4v) is 3.24. The number of hydrogen-bond acceptors (Lipinski definition) is 2. The second kappa shape index (κ2) is 7.90. The van der Waals surface area contributed by atoms with Gasteiger partial charge in [-0.25, -0.2) is 4.79 Å². The van der Waals surface area contributed by atoms with Crippen LogP contribution in [-0.2, 0) is 17.7 Å². The lowest BCUT2D eigenvalue weighted by Crippen LogP contribution is -2.39. The summed E-state index contributed by atoms with van der Waals surface area (Å²) in [5.41, 5.74) is 5.96. The molecule has 0 bridgehead atoms. The first-order chi connectivity index (χ1) is 11.7. The predicted molar refractivity (Wildman–Crippen MR) is 104 cm³/mol. The van der Waals surface area contributed by atoms with Gasteiger partial charge in [0.15, 0.2) is 0 Å². The van der Waals surface area contributed by atoms with Gasteiger partial charge in [-0.1, -0.05) is 37.3 Å². The van der Waals surface area contributed by atoms with Gasteiger partial charge < -0.3 is 9.64 Å². The van der Waals surface area contributed by atoms with Crippen LogP contribution in [0.15, 0.2) is 35.9 Å². The zero-order valence-corrected chi connectivity index (χ0v) is 16.5. The van der Waals surface area contributed by atoms with Crippen LogP contribution in [0.3, 0.4) is 0 Å². The molecule has 1 aliphatic heterocycles. The van der Waals surface area contributed by atoms with Crippen LogP contribution in [0.4, 0.5) is 4.79 Å². The minimum atomic E-state index is -0.453. The van der Waals surface area contributed by atoms with Gasteiger partial charge in [0.05, 0.1) is 0 Å². The van der Waals surface area contributed by atoms with Crippen molar-refractivity contribution in [1.29, 1.82) is 0 Å². The third-order valence-electron chi connectivity index (χ3n) is 4.41. The van der Waals surface area contributed by atoms with Gasteiger partial charge >= 0.3 is 6.09 Å². The summed E-state index contributed by atoms with van der Waals surface area (Å²) < 4.78 is 5.50. The molecule has 1 aromatic carbocycles. The Morgan fingerprint density at radius 1 is 1.28 bits per heavy atom. The molecular formula is C22H31NO2. The second-order valence-corrected chi connectivity index (χ2v) is 7.63. The van der Waals surface area contributed by atoms with E-state index < -0.39 is 5.60 Å². The second-order valence-electron chi connectivity index (χ2n) is 7.63. The minimum Gasteiger partial charge on any atom is -0.444 e. The SMILES string of the molecule is C/C=C(\C(C)=C/CC)c1ccc2c(c1)CCN(C(=O)OC(C)(C)C)C2. The standard InChI is InChI=1S/C22H31NO2/c1-7-9-16(3)20(8-2)18-10-11-19-15-23(13-12-17(19)14-18)21(24)25-22(4,5)6/h8-11,14H,7,12-13,15H2,1-6H3/b16-9-,20-8+. The van der Waals surface area contributed by atoms with Gasteiger partial charge in [0, 0.05) is 13.1 Å². The Hall–Kier alpha value is -2.03.